The molecule has 0 spiro atoms. The molecule has 1 aromatic carbocycles. The van der Waals surface area contributed by atoms with Crippen molar-refractivity contribution in [3.63, 3.8) is 0 Å². The summed E-state index contributed by atoms with van der Waals surface area (Å²) in [7, 11) is 1.61. The zero-order chi connectivity index (χ0) is 18.1. The van der Waals surface area contributed by atoms with Crippen LogP contribution in [-0.4, -0.2) is 46.0 Å². The fourth-order valence-corrected chi connectivity index (χ4v) is 3.56. The molecule has 1 aliphatic rings. The predicted molar refractivity (Wildman–Crippen MR) is 99.5 cm³/mol. The normalized spacial score (nSPS) is 15.4. The van der Waals surface area contributed by atoms with E-state index in [9.17, 15) is 4.79 Å². The van der Waals surface area contributed by atoms with Crippen LogP contribution in [-0.2, 0) is 0 Å². The summed E-state index contributed by atoms with van der Waals surface area (Å²) in [5, 5.41) is 0. The number of H-pyrrole nitrogens is 1. The third-order valence-electron chi connectivity index (χ3n) is 5.01. The van der Waals surface area contributed by atoms with Crippen LogP contribution < -0.4 is 4.74 Å². The van der Waals surface area contributed by atoms with Gasteiger partial charge in [-0.2, -0.15) is 0 Å². The maximum absolute atomic E-state index is 12.7. The van der Waals surface area contributed by atoms with Crippen LogP contribution in [0.4, 0.5) is 0 Å². The van der Waals surface area contributed by atoms with Crippen LogP contribution in [0.3, 0.4) is 0 Å². The largest absolute Gasteiger partial charge is 0.497 e. The van der Waals surface area contributed by atoms with Gasteiger partial charge in [0.15, 0.2) is 5.65 Å². The topological polar surface area (TPSA) is 71.1 Å². The van der Waals surface area contributed by atoms with Crippen molar-refractivity contribution >= 4 is 17.1 Å². The van der Waals surface area contributed by atoms with E-state index in [1.807, 2.05) is 30.0 Å². The number of carbonyl (C=O) groups is 1. The quantitative estimate of drug-likeness (QED) is 0.787. The number of piperidine rings is 1. The van der Waals surface area contributed by atoms with E-state index in [2.05, 4.69) is 21.0 Å². The fourth-order valence-electron chi connectivity index (χ4n) is 3.56. The minimum absolute atomic E-state index is 0.0676. The van der Waals surface area contributed by atoms with Gasteiger partial charge in [0, 0.05) is 36.5 Å². The third-order valence-corrected chi connectivity index (χ3v) is 5.01. The van der Waals surface area contributed by atoms with Gasteiger partial charge < -0.3 is 14.6 Å². The number of aryl methyl sites for hydroxylation is 1. The molecule has 0 radical (unpaired) electrons. The number of aromatic nitrogens is 3. The predicted octanol–water partition coefficient (Wildman–Crippen LogP) is 3.29. The van der Waals surface area contributed by atoms with E-state index in [-0.39, 0.29) is 5.91 Å². The number of nitrogens with one attached hydrogen (secondary N) is 1. The van der Waals surface area contributed by atoms with Crippen molar-refractivity contribution in [1.82, 2.24) is 19.9 Å². The van der Waals surface area contributed by atoms with Crippen molar-refractivity contribution in [2.45, 2.75) is 25.7 Å². The number of hydrogen-bond donors (Lipinski definition) is 1. The first-order valence-electron chi connectivity index (χ1n) is 8.89. The van der Waals surface area contributed by atoms with Gasteiger partial charge in [0.05, 0.1) is 12.8 Å². The molecule has 0 unspecified atom stereocenters. The second kappa shape index (κ2) is 6.78. The summed E-state index contributed by atoms with van der Waals surface area (Å²) >= 11 is 0. The highest BCUT2D eigenvalue weighted by Gasteiger charge is 2.26. The van der Waals surface area contributed by atoms with E-state index in [1.54, 1.807) is 19.4 Å². The molecule has 134 valence electrons. The Balaban J connectivity index is 1.45. The lowest BCUT2D eigenvalue weighted by molar-refractivity contribution is 0.0712. The molecule has 4 rings (SSSR count). The van der Waals surface area contributed by atoms with Crippen molar-refractivity contribution < 1.29 is 9.53 Å². The van der Waals surface area contributed by atoms with Gasteiger partial charge in [-0.05, 0) is 44.0 Å². The molecule has 0 bridgehead atoms. The first kappa shape index (κ1) is 16.6. The summed E-state index contributed by atoms with van der Waals surface area (Å²) in [5.74, 6) is 1.18. The molecule has 0 saturated carbocycles. The number of benzene rings is 1. The Bertz CT molecular complexity index is 942. The van der Waals surface area contributed by atoms with Gasteiger partial charge in [-0.15, -0.1) is 0 Å². The second-order valence-electron chi connectivity index (χ2n) is 6.77. The Kier molecular flexibility index (Phi) is 4.32. The number of hydrogen-bond acceptors (Lipinski definition) is 4. The van der Waals surface area contributed by atoms with Crippen molar-refractivity contribution in [2.75, 3.05) is 20.2 Å². The summed E-state index contributed by atoms with van der Waals surface area (Å²) in [4.78, 5) is 27.0. The molecule has 1 saturated heterocycles. The number of aromatic amines is 1. The highest BCUT2D eigenvalue weighted by molar-refractivity contribution is 5.94. The molecule has 1 amide bonds. The van der Waals surface area contributed by atoms with Crippen molar-refractivity contribution in [3.8, 4) is 5.75 Å². The third kappa shape index (κ3) is 3.14. The maximum Gasteiger partial charge on any atom is 0.253 e. The monoisotopic (exact) mass is 350 g/mol. The minimum atomic E-state index is 0.0676. The average molecular weight is 350 g/mol. The minimum Gasteiger partial charge on any atom is -0.497 e. The fraction of sp³-hybridized carbons (Fsp3) is 0.350. The molecule has 3 aromatic rings. The molecule has 0 atom stereocenters. The number of rotatable bonds is 3. The summed E-state index contributed by atoms with van der Waals surface area (Å²) in [6, 6.07) is 9.43. The van der Waals surface area contributed by atoms with Crippen LogP contribution in [0, 0.1) is 6.92 Å². The van der Waals surface area contributed by atoms with Gasteiger partial charge in [0.25, 0.3) is 5.91 Å². The van der Waals surface area contributed by atoms with Crippen molar-refractivity contribution in [1.29, 1.82) is 0 Å². The van der Waals surface area contributed by atoms with E-state index in [1.165, 1.54) is 5.69 Å². The average Bonchev–Trinajstić information content (AvgIpc) is 3.10. The van der Waals surface area contributed by atoms with Gasteiger partial charge in [-0.1, -0.05) is 6.07 Å². The molecule has 6 heteroatoms. The molecular formula is C20H22N4O2. The molecule has 26 heavy (non-hydrogen) atoms. The lowest BCUT2D eigenvalue weighted by Gasteiger charge is -2.31. The molecular weight excluding hydrogens is 328 g/mol. The van der Waals surface area contributed by atoms with Gasteiger partial charge in [0.2, 0.25) is 0 Å². The number of amides is 1. The number of methoxy groups -OCH3 is 1. The molecule has 6 nitrogen and oxygen atoms in total. The number of likely N-dealkylation sites (tertiary alicyclic amines) is 1. The molecule has 3 heterocycles. The Morgan fingerprint density at radius 1 is 1.27 bits per heavy atom. The lowest BCUT2D eigenvalue weighted by Crippen LogP contribution is -2.38. The first-order chi connectivity index (χ1) is 12.6. The maximum atomic E-state index is 12.7. The standard InChI is InChI=1S/C20H22N4O2/c1-13-12-21-18-11-17(23-19(18)22-13)14-6-8-24(9-7-14)20(25)15-4-3-5-16(10-15)26-2/h3-5,10-12,14H,6-9H2,1-2H3,(H,22,23). The summed E-state index contributed by atoms with van der Waals surface area (Å²) in [6.45, 7) is 3.43. The highest BCUT2D eigenvalue weighted by Crippen LogP contribution is 2.30. The van der Waals surface area contributed by atoms with Crippen LogP contribution in [0.5, 0.6) is 5.75 Å². The van der Waals surface area contributed by atoms with Crippen LogP contribution in [0.1, 0.15) is 40.5 Å². The van der Waals surface area contributed by atoms with Gasteiger partial charge in [-0.3, -0.25) is 9.78 Å². The number of ether oxygens (including phenoxy) is 1. The number of nitrogens with zero attached hydrogens (tertiary/aromatic N) is 3. The zero-order valence-corrected chi connectivity index (χ0v) is 15.0. The number of carbonyl (C=O) groups excluding carboxylic acids is 1. The molecule has 1 N–H and O–H groups in total. The van der Waals surface area contributed by atoms with Crippen LogP contribution in [0.2, 0.25) is 0 Å². The zero-order valence-electron chi connectivity index (χ0n) is 15.0. The van der Waals surface area contributed by atoms with E-state index in [0.717, 1.165) is 42.8 Å². The second-order valence-corrected chi connectivity index (χ2v) is 6.77. The molecule has 0 aliphatic carbocycles. The van der Waals surface area contributed by atoms with Crippen molar-refractivity contribution in [2.24, 2.45) is 0 Å². The molecule has 2 aromatic heterocycles. The molecule has 1 aliphatic heterocycles. The lowest BCUT2D eigenvalue weighted by atomic mass is 9.93. The highest BCUT2D eigenvalue weighted by atomic mass is 16.5. The first-order valence-corrected chi connectivity index (χ1v) is 8.89. The Morgan fingerprint density at radius 3 is 2.85 bits per heavy atom. The van der Waals surface area contributed by atoms with Gasteiger partial charge >= 0.3 is 0 Å². The van der Waals surface area contributed by atoms with E-state index >= 15 is 0 Å². The SMILES string of the molecule is COc1cccc(C(=O)N2CCC(c3cc4ncc(C)nc4[nH]3)CC2)c1. The smallest absolute Gasteiger partial charge is 0.253 e. The van der Waals surface area contributed by atoms with Crippen LogP contribution in [0.15, 0.2) is 36.5 Å². The summed E-state index contributed by atoms with van der Waals surface area (Å²) < 4.78 is 5.22. The van der Waals surface area contributed by atoms with E-state index in [4.69, 9.17) is 4.74 Å². The van der Waals surface area contributed by atoms with Crippen LogP contribution >= 0.6 is 0 Å². The molecule has 1 fully saturated rings. The Hall–Kier alpha value is -2.89. The van der Waals surface area contributed by atoms with Crippen LogP contribution in [0.25, 0.3) is 11.2 Å². The van der Waals surface area contributed by atoms with Gasteiger partial charge in [0.1, 0.15) is 11.3 Å². The van der Waals surface area contributed by atoms with Crippen molar-refractivity contribution in [3.05, 3.63) is 53.5 Å². The Labute approximate surface area is 152 Å². The van der Waals surface area contributed by atoms with Gasteiger partial charge in [-0.25, -0.2) is 4.98 Å². The van der Waals surface area contributed by atoms with E-state index < -0.39 is 0 Å². The summed E-state index contributed by atoms with van der Waals surface area (Å²) in [5.41, 5.74) is 4.50. The Morgan fingerprint density at radius 2 is 2.08 bits per heavy atom. The van der Waals surface area contributed by atoms with E-state index in [0.29, 0.717) is 17.2 Å². The number of fused-ring (bicyclic) bond motifs is 1. The summed E-state index contributed by atoms with van der Waals surface area (Å²) in [6.07, 6.45) is 3.65.